The Balaban J connectivity index is 1.78. The topological polar surface area (TPSA) is 97.9 Å². The number of rotatable bonds is 6. The van der Waals surface area contributed by atoms with Crippen molar-refractivity contribution in [2.75, 3.05) is 18.6 Å². The van der Waals surface area contributed by atoms with Gasteiger partial charge < -0.3 is 14.2 Å². The van der Waals surface area contributed by atoms with Gasteiger partial charge in [-0.1, -0.05) is 11.6 Å². The van der Waals surface area contributed by atoms with Crippen molar-refractivity contribution < 1.29 is 19.2 Å². The lowest BCUT2D eigenvalue weighted by Crippen LogP contribution is -2.35. The van der Waals surface area contributed by atoms with Crippen LogP contribution in [0.4, 0.5) is 11.4 Å². The molecule has 1 aliphatic rings. The number of ether oxygens (including phenoxy) is 1. The van der Waals surface area contributed by atoms with Crippen molar-refractivity contribution in [3.8, 4) is 5.69 Å². The average molecular weight is 525 g/mol. The molecule has 1 fully saturated rings. The van der Waals surface area contributed by atoms with Gasteiger partial charge in [0.15, 0.2) is 5.11 Å². The molecule has 3 aromatic rings. The van der Waals surface area contributed by atoms with Crippen LogP contribution in [-0.2, 0) is 14.3 Å². The number of amides is 1. The Bertz CT molecular complexity index is 1410. The van der Waals surface area contributed by atoms with Crippen LogP contribution >= 0.6 is 23.8 Å². The van der Waals surface area contributed by atoms with Crippen LogP contribution in [0.25, 0.3) is 11.8 Å². The predicted molar refractivity (Wildman–Crippen MR) is 140 cm³/mol. The van der Waals surface area contributed by atoms with Crippen molar-refractivity contribution in [3.05, 3.63) is 92.4 Å². The van der Waals surface area contributed by atoms with Gasteiger partial charge in [0.05, 0.1) is 17.7 Å². The molecule has 0 bridgehead atoms. The maximum absolute atomic E-state index is 13.5. The Morgan fingerprint density at radius 3 is 2.31 bits per heavy atom. The van der Waals surface area contributed by atoms with Gasteiger partial charge in [0.1, 0.15) is 12.2 Å². The van der Waals surface area contributed by atoms with Gasteiger partial charge in [0, 0.05) is 34.2 Å². The first-order chi connectivity index (χ1) is 17.1. The molecule has 1 aromatic heterocycles. The summed E-state index contributed by atoms with van der Waals surface area (Å²) >= 11 is 11.6. The third-order valence-electron chi connectivity index (χ3n) is 5.82. The average Bonchev–Trinajstić information content (AvgIpc) is 3.26. The van der Waals surface area contributed by atoms with Crippen LogP contribution in [-0.4, -0.2) is 45.0 Å². The molecule has 0 saturated carbocycles. The monoisotopic (exact) mass is 524 g/mol. The minimum Gasteiger partial charge on any atom is -0.468 e. The number of aromatic nitrogens is 1. The fourth-order valence-electron chi connectivity index (χ4n) is 4.05. The van der Waals surface area contributed by atoms with Crippen molar-refractivity contribution in [2.45, 2.75) is 13.8 Å². The van der Waals surface area contributed by atoms with Crippen LogP contribution in [0.1, 0.15) is 17.0 Å². The molecule has 184 valence electrons. The number of nitrogens with zero attached hydrogens (tertiary/aromatic N) is 4. The summed E-state index contributed by atoms with van der Waals surface area (Å²) in [6.45, 7) is 3.53. The van der Waals surface area contributed by atoms with Crippen LogP contribution in [0.15, 0.2) is 60.3 Å². The Morgan fingerprint density at radius 1 is 1.11 bits per heavy atom. The quantitative estimate of drug-likeness (QED) is 0.150. The molecule has 0 N–H and O–H groups in total. The van der Waals surface area contributed by atoms with E-state index in [9.17, 15) is 19.7 Å². The Labute approximate surface area is 217 Å². The number of nitro groups is 1. The molecule has 9 nitrogen and oxygen atoms in total. The lowest BCUT2D eigenvalue weighted by Gasteiger charge is -2.19. The van der Waals surface area contributed by atoms with E-state index in [0.29, 0.717) is 10.7 Å². The molecule has 2 aromatic carbocycles. The van der Waals surface area contributed by atoms with Gasteiger partial charge in [-0.15, -0.1) is 0 Å². The zero-order valence-corrected chi connectivity index (χ0v) is 21.2. The summed E-state index contributed by atoms with van der Waals surface area (Å²) in [7, 11) is 1.27. The number of nitro benzene ring substituents is 1. The molecule has 11 heteroatoms. The van der Waals surface area contributed by atoms with Crippen LogP contribution < -0.4 is 4.90 Å². The molecular formula is C25H21ClN4O5S. The van der Waals surface area contributed by atoms with Crippen molar-refractivity contribution >= 4 is 58.3 Å². The summed E-state index contributed by atoms with van der Waals surface area (Å²) in [5.74, 6) is -0.947. The fraction of sp³-hybridized carbons (Fsp3) is 0.160. The van der Waals surface area contributed by atoms with Gasteiger partial charge >= 0.3 is 5.97 Å². The van der Waals surface area contributed by atoms with Crippen LogP contribution in [0.2, 0.25) is 5.02 Å². The minimum absolute atomic E-state index is 0.00522. The van der Waals surface area contributed by atoms with Crippen molar-refractivity contribution in [3.63, 3.8) is 0 Å². The second-order valence-electron chi connectivity index (χ2n) is 8.03. The number of carbonyl (C=O) groups is 2. The minimum atomic E-state index is -0.551. The molecule has 0 radical (unpaired) electrons. The van der Waals surface area contributed by atoms with E-state index in [2.05, 4.69) is 0 Å². The number of halogens is 1. The number of hydrogen-bond donors (Lipinski definition) is 0. The number of methoxy groups -OCH3 is 1. The number of carbonyl (C=O) groups excluding carboxylic acids is 2. The summed E-state index contributed by atoms with van der Waals surface area (Å²) in [6, 6.07) is 14.7. The van der Waals surface area contributed by atoms with E-state index in [1.54, 1.807) is 42.5 Å². The lowest BCUT2D eigenvalue weighted by molar-refractivity contribution is -0.384. The van der Waals surface area contributed by atoms with Gasteiger partial charge in [0.25, 0.3) is 11.6 Å². The molecule has 0 unspecified atom stereocenters. The Kier molecular flexibility index (Phi) is 6.91. The van der Waals surface area contributed by atoms with Crippen LogP contribution in [0, 0.1) is 24.0 Å². The van der Waals surface area contributed by atoms with E-state index in [4.69, 9.17) is 28.6 Å². The van der Waals surface area contributed by atoms with E-state index in [1.165, 1.54) is 29.0 Å². The molecule has 4 rings (SSSR count). The third kappa shape index (κ3) is 4.60. The second-order valence-corrected chi connectivity index (χ2v) is 8.83. The van der Waals surface area contributed by atoms with E-state index >= 15 is 0 Å². The van der Waals surface area contributed by atoms with Crippen molar-refractivity contribution in [1.82, 2.24) is 9.47 Å². The smallest absolute Gasteiger partial charge is 0.325 e. The van der Waals surface area contributed by atoms with Gasteiger partial charge in [-0.05, 0) is 80.2 Å². The van der Waals surface area contributed by atoms with Gasteiger partial charge in [0.2, 0.25) is 0 Å². The Hall–Kier alpha value is -4.02. The largest absolute Gasteiger partial charge is 0.468 e. The third-order valence-corrected chi connectivity index (χ3v) is 6.47. The molecule has 36 heavy (non-hydrogen) atoms. The van der Waals surface area contributed by atoms with Crippen molar-refractivity contribution in [1.29, 1.82) is 0 Å². The standard InChI is InChI=1S/C25H21ClN4O5S/c1-15-12-17(16(2)28(15)19-8-10-21(11-9-19)30(33)34)13-22-24(32)29(20-6-4-18(26)5-7-20)25(36)27(22)14-23(31)35-3/h4-13H,14H2,1-3H3/b22-13-. The molecular weight excluding hydrogens is 504 g/mol. The summed E-state index contributed by atoms with van der Waals surface area (Å²) in [5.41, 5.74) is 3.85. The summed E-state index contributed by atoms with van der Waals surface area (Å²) in [5, 5.41) is 11.7. The van der Waals surface area contributed by atoms with Crippen LogP contribution in [0.5, 0.6) is 0 Å². The number of esters is 1. The number of anilines is 1. The second kappa shape index (κ2) is 9.92. The van der Waals surface area contributed by atoms with E-state index in [0.717, 1.165) is 22.6 Å². The molecule has 1 saturated heterocycles. The lowest BCUT2D eigenvalue weighted by atomic mass is 10.2. The highest BCUT2D eigenvalue weighted by atomic mass is 35.5. The van der Waals surface area contributed by atoms with E-state index in [-0.39, 0.29) is 23.0 Å². The molecule has 2 heterocycles. The van der Waals surface area contributed by atoms with Gasteiger partial charge in [-0.25, -0.2) is 0 Å². The molecule has 1 amide bonds. The first-order valence-corrected chi connectivity index (χ1v) is 11.5. The first kappa shape index (κ1) is 25.1. The number of aryl methyl sites for hydroxylation is 1. The number of benzene rings is 2. The highest BCUT2D eigenvalue weighted by Crippen LogP contribution is 2.31. The predicted octanol–water partition coefficient (Wildman–Crippen LogP) is 4.80. The van der Waals surface area contributed by atoms with E-state index in [1.807, 2.05) is 24.5 Å². The fourth-order valence-corrected chi connectivity index (χ4v) is 4.52. The van der Waals surface area contributed by atoms with Gasteiger partial charge in [-0.2, -0.15) is 0 Å². The SMILES string of the molecule is COC(=O)CN1C(=S)N(c2ccc(Cl)cc2)C(=O)/C1=C/c1cc(C)n(-c2ccc([N+](=O)[O-])cc2)c1C. The summed E-state index contributed by atoms with van der Waals surface area (Å²) in [6.07, 6.45) is 1.68. The molecule has 0 atom stereocenters. The zero-order chi connectivity index (χ0) is 26.1. The number of thiocarbonyl (C=S) groups is 1. The maximum atomic E-state index is 13.5. The summed E-state index contributed by atoms with van der Waals surface area (Å²) < 4.78 is 6.74. The first-order valence-electron chi connectivity index (χ1n) is 10.8. The summed E-state index contributed by atoms with van der Waals surface area (Å²) in [4.78, 5) is 39.0. The highest BCUT2D eigenvalue weighted by molar-refractivity contribution is 7.80. The zero-order valence-electron chi connectivity index (χ0n) is 19.6. The number of non-ortho nitro benzene ring substituents is 1. The number of hydrogen-bond acceptors (Lipinski definition) is 6. The molecule has 1 aliphatic heterocycles. The normalized spacial score (nSPS) is 14.6. The maximum Gasteiger partial charge on any atom is 0.325 e. The van der Waals surface area contributed by atoms with E-state index < -0.39 is 16.8 Å². The van der Waals surface area contributed by atoms with Gasteiger partial charge in [-0.3, -0.25) is 24.6 Å². The Morgan fingerprint density at radius 2 is 1.72 bits per heavy atom. The van der Waals surface area contributed by atoms with Crippen LogP contribution in [0.3, 0.4) is 0 Å². The molecule has 0 spiro atoms. The van der Waals surface area contributed by atoms with Crippen molar-refractivity contribution in [2.24, 2.45) is 0 Å². The highest BCUT2D eigenvalue weighted by Gasteiger charge is 2.40. The molecule has 0 aliphatic carbocycles.